The first-order valence-electron chi connectivity index (χ1n) is 9.26. The van der Waals surface area contributed by atoms with Crippen molar-refractivity contribution in [1.82, 2.24) is 0 Å². The van der Waals surface area contributed by atoms with Crippen LogP contribution in [0.4, 0.5) is 0 Å². The molecule has 148 valence electrons. The highest BCUT2D eigenvalue weighted by atomic mass is 32.2. The van der Waals surface area contributed by atoms with Gasteiger partial charge in [-0.3, -0.25) is 0 Å². The maximum absolute atomic E-state index is 10.5. The van der Waals surface area contributed by atoms with Crippen LogP contribution < -0.4 is 0 Å². The summed E-state index contributed by atoms with van der Waals surface area (Å²) >= 11 is 6.72. The normalized spacial score (nSPS) is 11.1. The number of hydrogen-bond donors (Lipinski definition) is 2. The lowest BCUT2D eigenvalue weighted by atomic mass is 10.0. The number of thioether (sulfide) groups is 4. The van der Waals surface area contributed by atoms with Crippen molar-refractivity contribution in [3.05, 3.63) is 35.4 Å². The Kier molecular flexibility index (Phi) is 9.63. The number of phenolic OH excluding ortho intramolecular Hbond substituents is 2. The second kappa shape index (κ2) is 11.4. The number of benzene rings is 2. The standard InChI is InChI=1S/C21H28O2S4/c1-5-24-16-10-14(11-17(20(16)22)25-6-2)9-15-12-18(26-7-3)21(23)19(13-15)27-8-4/h10-13,22-23H,5-9H2,1-4H3. The molecule has 6 heteroatoms. The van der Waals surface area contributed by atoms with E-state index in [4.69, 9.17) is 0 Å². The van der Waals surface area contributed by atoms with Crippen molar-refractivity contribution in [2.75, 3.05) is 23.0 Å². The minimum atomic E-state index is 0.410. The zero-order valence-electron chi connectivity index (χ0n) is 16.4. The predicted octanol–water partition coefficient (Wildman–Crippen LogP) is 7.14. The van der Waals surface area contributed by atoms with Crippen molar-refractivity contribution in [3.8, 4) is 11.5 Å². The van der Waals surface area contributed by atoms with Gasteiger partial charge in [-0.25, -0.2) is 0 Å². The summed E-state index contributed by atoms with van der Waals surface area (Å²) in [6.45, 7) is 8.41. The van der Waals surface area contributed by atoms with E-state index in [1.165, 1.54) is 11.1 Å². The second-order valence-electron chi connectivity index (χ2n) is 5.79. The summed E-state index contributed by atoms with van der Waals surface area (Å²) in [5, 5.41) is 21.0. The van der Waals surface area contributed by atoms with Crippen molar-refractivity contribution in [3.63, 3.8) is 0 Å². The molecule has 2 rings (SSSR count). The molecule has 0 saturated heterocycles. The van der Waals surface area contributed by atoms with Crippen molar-refractivity contribution >= 4 is 47.0 Å². The topological polar surface area (TPSA) is 40.5 Å². The lowest BCUT2D eigenvalue weighted by molar-refractivity contribution is 0.448. The highest BCUT2D eigenvalue weighted by molar-refractivity contribution is 8.00. The van der Waals surface area contributed by atoms with Crippen LogP contribution in [0.3, 0.4) is 0 Å². The zero-order chi connectivity index (χ0) is 19.8. The van der Waals surface area contributed by atoms with Crippen LogP contribution in [-0.4, -0.2) is 33.2 Å². The Bertz CT molecular complexity index is 644. The van der Waals surface area contributed by atoms with Gasteiger partial charge in [0.15, 0.2) is 0 Å². The number of aromatic hydroxyl groups is 2. The van der Waals surface area contributed by atoms with Crippen molar-refractivity contribution in [2.45, 2.75) is 53.7 Å². The van der Waals surface area contributed by atoms with E-state index >= 15 is 0 Å². The summed E-state index contributed by atoms with van der Waals surface area (Å²) in [6, 6.07) is 8.43. The van der Waals surface area contributed by atoms with Gasteiger partial charge in [-0.05, 0) is 64.8 Å². The number of phenols is 2. The fourth-order valence-electron chi connectivity index (χ4n) is 2.78. The summed E-state index contributed by atoms with van der Waals surface area (Å²) in [4.78, 5) is 3.82. The molecule has 0 spiro atoms. The third-order valence-electron chi connectivity index (χ3n) is 3.81. The molecule has 0 amide bonds. The van der Waals surface area contributed by atoms with Crippen LogP contribution in [0, 0.1) is 0 Å². The molecule has 0 atom stereocenters. The largest absolute Gasteiger partial charge is 0.506 e. The van der Waals surface area contributed by atoms with Crippen molar-refractivity contribution in [2.24, 2.45) is 0 Å². The van der Waals surface area contributed by atoms with E-state index in [0.29, 0.717) is 11.5 Å². The molecule has 0 aliphatic carbocycles. The Balaban J connectivity index is 2.42. The van der Waals surface area contributed by atoms with Crippen molar-refractivity contribution in [1.29, 1.82) is 0 Å². The van der Waals surface area contributed by atoms with Crippen LogP contribution in [-0.2, 0) is 6.42 Å². The van der Waals surface area contributed by atoms with Gasteiger partial charge in [0.2, 0.25) is 0 Å². The Morgan fingerprint density at radius 2 is 0.815 bits per heavy atom. The summed E-state index contributed by atoms with van der Waals surface area (Å²) in [5.74, 6) is 4.55. The maximum atomic E-state index is 10.5. The van der Waals surface area contributed by atoms with E-state index in [0.717, 1.165) is 49.0 Å². The van der Waals surface area contributed by atoms with Gasteiger partial charge in [0, 0.05) is 0 Å². The minimum absolute atomic E-state index is 0.410. The predicted molar refractivity (Wildman–Crippen MR) is 125 cm³/mol. The average Bonchev–Trinajstić information content (AvgIpc) is 2.63. The van der Waals surface area contributed by atoms with E-state index in [1.807, 2.05) is 0 Å². The van der Waals surface area contributed by atoms with E-state index in [1.54, 1.807) is 47.0 Å². The lowest BCUT2D eigenvalue weighted by Gasteiger charge is -2.14. The molecule has 2 aromatic carbocycles. The molecule has 2 N–H and O–H groups in total. The molecular formula is C21H28O2S4. The Labute approximate surface area is 180 Å². The molecule has 0 unspecified atom stereocenters. The minimum Gasteiger partial charge on any atom is -0.506 e. The summed E-state index contributed by atoms with van der Waals surface area (Å²) < 4.78 is 0. The quantitative estimate of drug-likeness (QED) is 0.383. The first-order valence-corrected chi connectivity index (χ1v) is 13.2. The van der Waals surface area contributed by atoms with Gasteiger partial charge >= 0.3 is 0 Å². The molecule has 0 aliphatic heterocycles. The average molecular weight is 441 g/mol. The van der Waals surface area contributed by atoms with Crippen molar-refractivity contribution < 1.29 is 10.2 Å². The third-order valence-corrected chi connectivity index (χ3v) is 7.45. The highest BCUT2D eigenvalue weighted by Crippen LogP contribution is 2.41. The van der Waals surface area contributed by atoms with E-state index in [2.05, 4.69) is 52.0 Å². The van der Waals surface area contributed by atoms with Crippen LogP contribution in [0.15, 0.2) is 43.8 Å². The summed E-state index contributed by atoms with van der Waals surface area (Å²) in [5.41, 5.74) is 2.40. The third kappa shape index (κ3) is 6.21. The Hall–Kier alpha value is -0.560. The molecule has 27 heavy (non-hydrogen) atoms. The van der Waals surface area contributed by atoms with E-state index < -0.39 is 0 Å². The summed E-state index contributed by atoms with van der Waals surface area (Å²) in [7, 11) is 0. The van der Waals surface area contributed by atoms with Gasteiger partial charge in [-0.2, -0.15) is 0 Å². The zero-order valence-corrected chi connectivity index (χ0v) is 19.6. The number of rotatable bonds is 10. The van der Waals surface area contributed by atoms with Crippen LogP contribution in [0.1, 0.15) is 38.8 Å². The van der Waals surface area contributed by atoms with Gasteiger partial charge in [0.25, 0.3) is 0 Å². The molecule has 0 bridgehead atoms. The van der Waals surface area contributed by atoms with Crippen LogP contribution in [0.25, 0.3) is 0 Å². The van der Waals surface area contributed by atoms with Gasteiger partial charge in [0.05, 0.1) is 19.6 Å². The van der Waals surface area contributed by atoms with E-state index in [9.17, 15) is 10.2 Å². The first kappa shape index (κ1) is 22.7. The maximum Gasteiger partial charge on any atom is 0.142 e. The Morgan fingerprint density at radius 3 is 1.04 bits per heavy atom. The van der Waals surface area contributed by atoms with Gasteiger partial charge in [0.1, 0.15) is 11.5 Å². The molecule has 0 aromatic heterocycles. The van der Waals surface area contributed by atoms with Crippen LogP contribution in [0.2, 0.25) is 0 Å². The molecule has 0 aliphatic rings. The smallest absolute Gasteiger partial charge is 0.142 e. The highest BCUT2D eigenvalue weighted by Gasteiger charge is 2.14. The SMILES string of the molecule is CCSc1cc(Cc2cc(SCC)c(O)c(SCC)c2)cc(SCC)c1O. The number of hydrogen-bond acceptors (Lipinski definition) is 6. The second-order valence-corrected chi connectivity index (χ2v) is 11.0. The molecular weight excluding hydrogens is 412 g/mol. The van der Waals surface area contributed by atoms with Crippen LogP contribution >= 0.6 is 47.0 Å². The van der Waals surface area contributed by atoms with Gasteiger partial charge < -0.3 is 10.2 Å². The van der Waals surface area contributed by atoms with Crippen LogP contribution in [0.5, 0.6) is 11.5 Å². The van der Waals surface area contributed by atoms with E-state index in [-0.39, 0.29) is 0 Å². The summed E-state index contributed by atoms with van der Waals surface area (Å²) in [6.07, 6.45) is 0.795. The molecule has 0 saturated carbocycles. The first-order chi connectivity index (χ1) is 13.0. The Morgan fingerprint density at radius 1 is 0.556 bits per heavy atom. The molecule has 2 nitrogen and oxygen atoms in total. The van der Waals surface area contributed by atoms with Gasteiger partial charge in [-0.15, -0.1) is 47.0 Å². The molecule has 0 heterocycles. The fraction of sp³-hybridized carbons (Fsp3) is 0.429. The lowest BCUT2D eigenvalue weighted by Crippen LogP contribution is -1.94. The monoisotopic (exact) mass is 440 g/mol. The molecule has 0 fully saturated rings. The van der Waals surface area contributed by atoms with Gasteiger partial charge in [-0.1, -0.05) is 27.7 Å². The molecule has 0 radical (unpaired) electrons. The fourth-order valence-corrected chi connectivity index (χ4v) is 6.07. The molecule has 2 aromatic rings.